The number of carbonyl (C=O) groups is 1. The molecule has 9 heteroatoms. The lowest BCUT2D eigenvalue weighted by Gasteiger charge is -2.13. The van der Waals surface area contributed by atoms with Crippen LogP contribution in [0.4, 0.5) is 13.2 Å². The van der Waals surface area contributed by atoms with Crippen LogP contribution in [-0.4, -0.2) is 31.0 Å². The van der Waals surface area contributed by atoms with E-state index >= 15 is 0 Å². The second-order valence-electron chi connectivity index (χ2n) is 3.10. The summed E-state index contributed by atoms with van der Waals surface area (Å²) in [5.41, 5.74) is -0.103. The molecule has 0 bridgehead atoms. The Hall–Kier alpha value is -1.26. The van der Waals surface area contributed by atoms with Crippen molar-refractivity contribution in [2.75, 3.05) is 13.7 Å². The van der Waals surface area contributed by atoms with E-state index in [1.165, 1.54) is 35.8 Å². The van der Waals surface area contributed by atoms with Gasteiger partial charge in [0.1, 0.15) is 0 Å². The van der Waals surface area contributed by atoms with Gasteiger partial charge in [-0.25, -0.2) is 4.79 Å². The molecule has 0 aromatic carbocycles. The molecule has 0 atom stereocenters. The number of halogens is 4. The average Bonchev–Trinajstić information content (AvgIpc) is 2.30. The monoisotopic (exact) mass is 391 g/mol. The van der Waals surface area contributed by atoms with Crippen molar-refractivity contribution >= 4 is 28.6 Å². The standard InChI is InChI=1S/C10H9F3INO4/c1-3-18-9(16)5-4-6(17-2)15-8(7(5)14)19-10(11,12)13/h4H,3H2,1-2H3. The van der Waals surface area contributed by atoms with Gasteiger partial charge < -0.3 is 14.2 Å². The van der Waals surface area contributed by atoms with Crippen LogP contribution in [0.1, 0.15) is 17.3 Å². The summed E-state index contributed by atoms with van der Waals surface area (Å²) in [4.78, 5) is 15.1. The Balaban J connectivity index is 3.24. The van der Waals surface area contributed by atoms with Crippen LogP contribution in [0.2, 0.25) is 0 Å². The lowest BCUT2D eigenvalue weighted by Crippen LogP contribution is -2.20. The summed E-state index contributed by atoms with van der Waals surface area (Å²) in [5.74, 6) is -1.71. The number of nitrogens with zero attached hydrogens (tertiary/aromatic N) is 1. The third-order valence-corrected chi connectivity index (χ3v) is 2.86. The molecule has 0 aliphatic carbocycles. The maximum absolute atomic E-state index is 12.2. The van der Waals surface area contributed by atoms with Crippen LogP contribution in [0.25, 0.3) is 0 Å². The van der Waals surface area contributed by atoms with Crippen LogP contribution in [0.3, 0.4) is 0 Å². The fourth-order valence-corrected chi connectivity index (χ4v) is 1.73. The number of esters is 1. The molecular formula is C10H9F3INO4. The van der Waals surface area contributed by atoms with Gasteiger partial charge in [-0.3, -0.25) is 0 Å². The van der Waals surface area contributed by atoms with E-state index in [1.807, 2.05) is 0 Å². The third kappa shape index (κ3) is 4.40. The Morgan fingerprint density at radius 2 is 2.11 bits per heavy atom. The molecule has 5 nitrogen and oxygen atoms in total. The van der Waals surface area contributed by atoms with Crippen LogP contribution in [0, 0.1) is 3.57 Å². The highest BCUT2D eigenvalue weighted by molar-refractivity contribution is 14.1. The molecule has 106 valence electrons. The average molecular weight is 391 g/mol. The molecule has 1 heterocycles. The van der Waals surface area contributed by atoms with Gasteiger partial charge in [0.05, 0.1) is 22.9 Å². The molecule has 0 saturated carbocycles. The highest BCUT2D eigenvalue weighted by Crippen LogP contribution is 2.31. The minimum absolute atomic E-state index is 0.0923. The minimum Gasteiger partial charge on any atom is -0.481 e. The van der Waals surface area contributed by atoms with E-state index in [1.54, 1.807) is 6.92 Å². The molecule has 0 aliphatic heterocycles. The van der Waals surface area contributed by atoms with Gasteiger partial charge in [0, 0.05) is 6.07 Å². The molecule has 1 aromatic rings. The zero-order chi connectivity index (χ0) is 14.6. The fourth-order valence-electron chi connectivity index (χ4n) is 1.12. The summed E-state index contributed by atoms with van der Waals surface area (Å²) in [5, 5.41) is 0. The zero-order valence-electron chi connectivity index (χ0n) is 9.88. The first-order valence-corrected chi connectivity index (χ1v) is 6.03. The number of hydrogen-bond donors (Lipinski definition) is 0. The van der Waals surface area contributed by atoms with E-state index in [0.29, 0.717) is 0 Å². The van der Waals surface area contributed by atoms with Crippen molar-refractivity contribution in [3.05, 3.63) is 15.2 Å². The van der Waals surface area contributed by atoms with Gasteiger partial charge in [-0.05, 0) is 29.5 Å². The molecule has 0 N–H and O–H groups in total. The molecule has 0 saturated heterocycles. The highest BCUT2D eigenvalue weighted by Gasteiger charge is 2.34. The molecule has 0 fully saturated rings. The maximum atomic E-state index is 12.2. The van der Waals surface area contributed by atoms with Gasteiger partial charge in [-0.15, -0.1) is 13.2 Å². The van der Waals surface area contributed by atoms with Crippen LogP contribution in [-0.2, 0) is 4.74 Å². The third-order valence-electron chi connectivity index (χ3n) is 1.82. The molecule has 0 amide bonds. The van der Waals surface area contributed by atoms with Crippen LogP contribution >= 0.6 is 22.6 Å². The van der Waals surface area contributed by atoms with Crippen molar-refractivity contribution in [1.82, 2.24) is 4.98 Å². The lowest BCUT2D eigenvalue weighted by molar-refractivity contribution is -0.276. The van der Waals surface area contributed by atoms with Crippen molar-refractivity contribution < 1.29 is 32.2 Å². The first-order valence-electron chi connectivity index (χ1n) is 4.96. The number of pyridine rings is 1. The Bertz CT molecular complexity index is 479. The summed E-state index contributed by atoms with van der Waals surface area (Å²) in [7, 11) is 1.21. The number of ether oxygens (including phenoxy) is 3. The van der Waals surface area contributed by atoms with E-state index in [9.17, 15) is 18.0 Å². The Labute approximate surface area is 120 Å². The second kappa shape index (κ2) is 6.26. The van der Waals surface area contributed by atoms with E-state index in [-0.39, 0.29) is 21.6 Å². The van der Waals surface area contributed by atoms with Crippen molar-refractivity contribution in [1.29, 1.82) is 0 Å². The first kappa shape index (κ1) is 15.8. The zero-order valence-corrected chi connectivity index (χ0v) is 12.0. The fraction of sp³-hybridized carbons (Fsp3) is 0.400. The Kier molecular flexibility index (Phi) is 5.20. The predicted octanol–water partition coefficient (Wildman–Crippen LogP) is 2.77. The number of hydrogen-bond acceptors (Lipinski definition) is 5. The SMILES string of the molecule is CCOC(=O)c1cc(OC)nc(OC(F)(F)F)c1I. The largest absolute Gasteiger partial charge is 0.574 e. The summed E-state index contributed by atoms with van der Waals surface area (Å²) < 4.78 is 49.7. The molecule has 1 aromatic heterocycles. The van der Waals surface area contributed by atoms with E-state index < -0.39 is 18.2 Å². The predicted molar refractivity (Wildman–Crippen MR) is 66.1 cm³/mol. The van der Waals surface area contributed by atoms with Crippen molar-refractivity contribution in [2.45, 2.75) is 13.3 Å². The van der Waals surface area contributed by atoms with Gasteiger partial charge in [0.25, 0.3) is 0 Å². The van der Waals surface area contributed by atoms with Gasteiger partial charge in [0.2, 0.25) is 11.8 Å². The quantitative estimate of drug-likeness (QED) is 0.584. The Morgan fingerprint density at radius 3 is 2.58 bits per heavy atom. The second-order valence-corrected chi connectivity index (χ2v) is 4.18. The van der Waals surface area contributed by atoms with Crippen LogP contribution in [0.5, 0.6) is 11.8 Å². The minimum atomic E-state index is -4.91. The number of aromatic nitrogens is 1. The van der Waals surface area contributed by atoms with Crippen molar-refractivity contribution in [2.24, 2.45) is 0 Å². The lowest BCUT2D eigenvalue weighted by atomic mass is 10.2. The number of methoxy groups -OCH3 is 1. The summed E-state index contributed by atoms with van der Waals surface area (Å²) >= 11 is 1.52. The number of alkyl halides is 3. The molecule has 0 aliphatic rings. The topological polar surface area (TPSA) is 57.7 Å². The van der Waals surface area contributed by atoms with Gasteiger partial charge >= 0.3 is 12.3 Å². The maximum Gasteiger partial charge on any atom is 0.574 e. The van der Waals surface area contributed by atoms with Crippen LogP contribution < -0.4 is 9.47 Å². The molecule has 1 rings (SSSR count). The van der Waals surface area contributed by atoms with Gasteiger partial charge in [-0.1, -0.05) is 0 Å². The number of rotatable bonds is 4. The molecule has 0 unspecified atom stereocenters. The first-order chi connectivity index (χ1) is 8.78. The molecule has 19 heavy (non-hydrogen) atoms. The molecule has 0 spiro atoms. The molecular weight excluding hydrogens is 382 g/mol. The number of carbonyl (C=O) groups excluding carboxylic acids is 1. The Morgan fingerprint density at radius 1 is 1.47 bits per heavy atom. The summed E-state index contributed by atoms with van der Waals surface area (Å²) in [6.07, 6.45) is -4.91. The van der Waals surface area contributed by atoms with E-state index in [4.69, 9.17) is 9.47 Å². The summed E-state index contributed by atoms with van der Waals surface area (Å²) in [6.45, 7) is 1.67. The molecule has 0 radical (unpaired) electrons. The highest BCUT2D eigenvalue weighted by atomic mass is 127. The van der Waals surface area contributed by atoms with Crippen LogP contribution in [0.15, 0.2) is 6.07 Å². The van der Waals surface area contributed by atoms with Crippen molar-refractivity contribution in [3.8, 4) is 11.8 Å². The van der Waals surface area contributed by atoms with Gasteiger partial charge in [-0.2, -0.15) is 4.98 Å². The van der Waals surface area contributed by atoms with E-state index in [2.05, 4.69) is 9.72 Å². The van der Waals surface area contributed by atoms with Crippen molar-refractivity contribution in [3.63, 3.8) is 0 Å². The summed E-state index contributed by atoms with van der Waals surface area (Å²) in [6, 6.07) is 1.18. The normalized spacial score (nSPS) is 11.1. The smallest absolute Gasteiger partial charge is 0.481 e. The van der Waals surface area contributed by atoms with Gasteiger partial charge in [0.15, 0.2) is 0 Å². The van der Waals surface area contributed by atoms with E-state index in [0.717, 1.165) is 0 Å².